The molecule has 96 valence electrons. The van der Waals surface area contributed by atoms with Crippen molar-refractivity contribution in [3.63, 3.8) is 0 Å². The fraction of sp³-hybridized carbons (Fsp3) is 0.200. The van der Waals surface area contributed by atoms with Crippen LogP contribution in [0, 0.1) is 0 Å². The van der Waals surface area contributed by atoms with E-state index >= 15 is 0 Å². The third kappa shape index (κ3) is 3.61. The first-order valence-corrected chi connectivity index (χ1v) is 6.55. The SMILES string of the molecule is FC(F)Oc1ccc(Br)cc1CNc1nncs1. The van der Waals surface area contributed by atoms with Crippen LogP contribution >= 0.6 is 27.3 Å². The molecule has 18 heavy (non-hydrogen) atoms. The molecule has 0 unspecified atom stereocenters. The Morgan fingerprint density at radius 3 is 2.94 bits per heavy atom. The topological polar surface area (TPSA) is 47.0 Å². The van der Waals surface area contributed by atoms with Gasteiger partial charge in [0.1, 0.15) is 11.3 Å². The Morgan fingerprint density at radius 2 is 2.28 bits per heavy atom. The lowest BCUT2D eigenvalue weighted by Gasteiger charge is -2.11. The van der Waals surface area contributed by atoms with E-state index in [1.165, 1.54) is 17.4 Å². The molecule has 0 atom stereocenters. The van der Waals surface area contributed by atoms with Crippen LogP contribution in [-0.4, -0.2) is 16.8 Å². The zero-order valence-electron chi connectivity index (χ0n) is 8.94. The number of hydrogen-bond acceptors (Lipinski definition) is 5. The number of alkyl halides is 2. The van der Waals surface area contributed by atoms with E-state index in [-0.39, 0.29) is 5.75 Å². The number of ether oxygens (including phenoxy) is 1. The zero-order valence-corrected chi connectivity index (χ0v) is 11.3. The van der Waals surface area contributed by atoms with Gasteiger partial charge in [0.2, 0.25) is 5.13 Å². The summed E-state index contributed by atoms with van der Waals surface area (Å²) in [6.45, 7) is -2.51. The minimum atomic E-state index is -2.84. The van der Waals surface area contributed by atoms with Crippen LogP contribution in [0.15, 0.2) is 28.2 Å². The van der Waals surface area contributed by atoms with Crippen molar-refractivity contribution < 1.29 is 13.5 Å². The van der Waals surface area contributed by atoms with Crippen molar-refractivity contribution in [1.29, 1.82) is 0 Å². The predicted octanol–water partition coefficient (Wildman–Crippen LogP) is 3.51. The third-order valence-corrected chi connectivity index (χ3v) is 3.17. The van der Waals surface area contributed by atoms with E-state index in [9.17, 15) is 8.78 Å². The number of benzene rings is 1. The second-order valence-electron chi connectivity index (χ2n) is 3.23. The molecule has 1 aromatic carbocycles. The van der Waals surface area contributed by atoms with Gasteiger partial charge < -0.3 is 10.1 Å². The summed E-state index contributed by atoms with van der Waals surface area (Å²) in [7, 11) is 0. The molecular formula is C10H8BrF2N3OS. The maximum absolute atomic E-state index is 12.2. The molecule has 0 saturated carbocycles. The minimum Gasteiger partial charge on any atom is -0.434 e. The zero-order chi connectivity index (χ0) is 13.0. The first-order valence-electron chi connectivity index (χ1n) is 4.88. The van der Waals surface area contributed by atoms with Crippen LogP contribution in [0.5, 0.6) is 5.75 Å². The van der Waals surface area contributed by atoms with Gasteiger partial charge in [-0.15, -0.1) is 10.2 Å². The van der Waals surface area contributed by atoms with Crippen molar-refractivity contribution in [1.82, 2.24) is 10.2 Å². The van der Waals surface area contributed by atoms with Gasteiger partial charge in [-0.3, -0.25) is 0 Å². The van der Waals surface area contributed by atoms with Gasteiger partial charge in [-0.1, -0.05) is 27.3 Å². The van der Waals surface area contributed by atoms with Gasteiger partial charge in [0.05, 0.1) is 0 Å². The van der Waals surface area contributed by atoms with Crippen LogP contribution in [0.1, 0.15) is 5.56 Å². The highest BCUT2D eigenvalue weighted by molar-refractivity contribution is 9.10. The largest absolute Gasteiger partial charge is 0.434 e. The molecule has 0 radical (unpaired) electrons. The molecule has 0 spiro atoms. The maximum atomic E-state index is 12.2. The summed E-state index contributed by atoms with van der Waals surface area (Å²) in [6, 6.07) is 4.85. The van der Waals surface area contributed by atoms with E-state index < -0.39 is 6.61 Å². The standard InChI is InChI=1S/C10H8BrF2N3OS/c11-7-1-2-8(17-9(12)13)6(3-7)4-14-10-16-15-5-18-10/h1-3,5,9H,4H2,(H,14,16). The molecule has 0 fully saturated rings. The first-order chi connectivity index (χ1) is 8.65. The summed E-state index contributed by atoms with van der Waals surface area (Å²) in [5.41, 5.74) is 2.19. The summed E-state index contributed by atoms with van der Waals surface area (Å²) >= 11 is 4.62. The monoisotopic (exact) mass is 335 g/mol. The fourth-order valence-electron chi connectivity index (χ4n) is 1.32. The van der Waals surface area contributed by atoms with Crippen LogP contribution < -0.4 is 10.1 Å². The van der Waals surface area contributed by atoms with Crippen molar-refractivity contribution in [3.8, 4) is 5.75 Å². The molecule has 0 aliphatic heterocycles. The third-order valence-electron chi connectivity index (χ3n) is 2.03. The summed E-state index contributed by atoms with van der Waals surface area (Å²) in [5, 5.41) is 11.1. The number of nitrogens with one attached hydrogen (secondary N) is 1. The average molecular weight is 336 g/mol. The normalized spacial score (nSPS) is 10.7. The lowest BCUT2D eigenvalue weighted by molar-refractivity contribution is -0.0504. The van der Waals surface area contributed by atoms with Crippen molar-refractivity contribution in [3.05, 3.63) is 33.7 Å². The summed E-state index contributed by atoms with van der Waals surface area (Å²) in [6.07, 6.45) is 0. The number of aromatic nitrogens is 2. The van der Waals surface area contributed by atoms with Crippen LogP contribution in [0.3, 0.4) is 0 Å². The molecule has 2 rings (SSSR count). The lowest BCUT2D eigenvalue weighted by Crippen LogP contribution is -2.07. The van der Waals surface area contributed by atoms with Crippen LogP contribution in [0.2, 0.25) is 0 Å². The smallest absolute Gasteiger partial charge is 0.387 e. The quantitative estimate of drug-likeness (QED) is 0.908. The number of hydrogen-bond donors (Lipinski definition) is 1. The summed E-state index contributed by atoms with van der Waals surface area (Å²) < 4.78 is 29.7. The van der Waals surface area contributed by atoms with Crippen molar-refractivity contribution in [2.75, 3.05) is 5.32 Å². The van der Waals surface area contributed by atoms with Gasteiger partial charge in [0, 0.05) is 16.6 Å². The van der Waals surface area contributed by atoms with E-state index in [0.717, 1.165) is 4.47 Å². The number of halogens is 3. The van der Waals surface area contributed by atoms with Crippen LogP contribution in [-0.2, 0) is 6.54 Å². The van der Waals surface area contributed by atoms with Crippen molar-refractivity contribution >= 4 is 32.4 Å². The fourth-order valence-corrected chi connectivity index (χ4v) is 2.17. The highest BCUT2D eigenvalue weighted by Crippen LogP contribution is 2.25. The second kappa shape index (κ2) is 6.05. The Morgan fingerprint density at radius 1 is 1.44 bits per heavy atom. The Bertz CT molecular complexity index is 510. The number of rotatable bonds is 5. The molecule has 4 nitrogen and oxygen atoms in total. The van der Waals surface area contributed by atoms with E-state index in [4.69, 9.17) is 0 Å². The molecule has 0 saturated heterocycles. The van der Waals surface area contributed by atoms with Gasteiger partial charge in [-0.25, -0.2) is 0 Å². The maximum Gasteiger partial charge on any atom is 0.387 e. The molecule has 0 aliphatic rings. The van der Waals surface area contributed by atoms with E-state index in [0.29, 0.717) is 17.2 Å². The van der Waals surface area contributed by atoms with E-state index in [1.54, 1.807) is 17.6 Å². The van der Waals surface area contributed by atoms with Crippen LogP contribution in [0.4, 0.5) is 13.9 Å². The highest BCUT2D eigenvalue weighted by atomic mass is 79.9. The van der Waals surface area contributed by atoms with Crippen molar-refractivity contribution in [2.24, 2.45) is 0 Å². The molecule has 8 heteroatoms. The van der Waals surface area contributed by atoms with Crippen LogP contribution in [0.25, 0.3) is 0 Å². The van der Waals surface area contributed by atoms with Gasteiger partial charge in [-0.2, -0.15) is 8.78 Å². The minimum absolute atomic E-state index is 0.144. The molecule has 1 aromatic heterocycles. The summed E-state index contributed by atoms with van der Waals surface area (Å²) in [4.78, 5) is 0. The Labute approximate surface area is 114 Å². The summed E-state index contributed by atoms with van der Waals surface area (Å²) in [5.74, 6) is 0.144. The van der Waals surface area contributed by atoms with Gasteiger partial charge >= 0.3 is 6.61 Å². The van der Waals surface area contributed by atoms with Crippen molar-refractivity contribution in [2.45, 2.75) is 13.2 Å². The molecule has 0 amide bonds. The Hall–Kier alpha value is -1.28. The number of anilines is 1. The van der Waals surface area contributed by atoms with E-state index in [2.05, 4.69) is 36.2 Å². The van der Waals surface area contributed by atoms with Gasteiger partial charge in [0.15, 0.2) is 0 Å². The molecule has 1 N–H and O–H groups in total. The molecule has 0 aliphatic carbocycles. The Balaban J connectivity index is 2.11. The average Bonchev–Trinajstić information content (AvgIpc) is 2.82. The molecular weight excluding hydrogens is 328 g/mol. The second-order valence-corrected chi connectivity index (χ2v) is 4.98. The van der Waals surface area contributed by atoms with Gasteiger partial charge in [0.25, 0.3) is 0 Å². The first kappa shape index (κ1) is 13.2. The Kier molecular flexibility index (Phi) is 4.43. The predicted molar refractivity (Wildman–Crippen MR) is 68.0 cm³/mol. The van der Waals surface area contributed by atoms with Gasteiger partial charge in [-0.05, 0) is 18.2 Å². The highest BCUT2D eigenvalue weighted by Gasteiger charge is 2.10. The molecule has 2 aromatic rings. The molecule has 0 bridgehead atoms. The number of nitrogens with zero attached hydrogens (tertiary/aromatic N) is 2. The van der Waals surface area contributed by atoms with E-state index in [1.807, 2.05) is 0 Å². The molecule has 1 heterocycles. The lowest BCUT2D eigenvalue weighted by atomic mass is 10.2.